The Morgan fingerprint density at radius 1 is 1.40 bits per heavy atom. The molecule has 0 radical (unpaired) electrons. The Labute approximate surface area is 89.5 Å². The summed E-state index contributed by atoms with van der Waals surface area (Å²) in [6.07, 6.45) is -0.670. The normalized spacial score (nSPS) is 13.3. The number of aliphatic hydroxyl groups excluding tert-OH is 1. The minimum atomic E-state index is -1.41. The van der Waals surface area contributed by atoms with Gasteiger partial charge < -0.3 is 15.5 Å². The van der Waals surface area contributed by atoms with Crippen molar-refractivity contribution in [2.45, 2.75) is 39.7 Å². The summed E-state index contributed by atoms with van der Waals surface area (Å²) in [4.78, 5) is 21.8. The lowest BCUT2D eigenvalue weighted by Crippen LogP contribution is -2.38. The van der Waals surface area contributed by atoms with Crippen molar-refractivity contribution in [2.24, 2.45) is 5.41 Å². The molecule has 0 aliphatic carbocycles. The Bertz CT molecular complexity index is 238. The van der Waals surface area contributed by atoms with Crippen LogP contribution in [0.3, 0.4) is 0 Å². The molecule has 1 atom stereocenters. The van der Waals surface area contributed by atoms with Crippen molar-refractivity contribution in [1.82, 2.24) is 5.32 Å². The van der Waals surface area contributed by atoms with E-state index in [-0.39, 0.29) is 18.9 Å². The summed E-state index contributed by atoms with van der Waals surface area (Å²) in [5, 5.41) is 19.9. The second-order valence-corrected chi connectivity index (χ2v) is 4.14. The fraction of sp³-hybridized carbons (Fsp3) is 0.800. The largest absolute Gasteiger partial charge is 0.479 e. The monoisotopic (exact) mass is 217 g/mol. The SMILES string of the molecule is CCC(C)(C)C(=O)NCC[C@H](O)C(=O)O. The van der Waals surface area contributed by atoms with E-state index < -0.39 is 17.5 Å². The van der Waals surface area contributed by atoms with Gasteiger partial charge in [-0.05, 0) is 6.42 Å². The van der Waals surface area contributed by atoms with Gasteiger partial charge in [0.25, 0.3) is 0 Å². The maximum Gasteiger partial charge on any atom is 0.332 e. The summed E-state index contributed by atoms with van der Waals surface area (Å²) >= 11 is 0. The number of aliphatic hydroxyl groups is 1. The molecular formula is C10H19NO4. The molecule has 15 heavy (non-hydrogen) atoms. The summed E-state index contributed by atoms with van der Waals surface area (Å²) in [6.45, 7) is 5.72. The average Bonchev–Trinajstić information content (AvgIpc) is 2.17. The van der Waals surface area contributed by atoms with Crippen LogP contribution in [0.25, 0.3) is 0 Å². The van der Waals surface area contributed by atoms with Crippen molar-refractivity contribution in [3.63, 3.8) is 0 Å². The number of aliphatic carboxylic acids is 1. The van der Waals surface area contributed by atoms with Crippen molar-refractivity contribution >= 4 is 11.9 Å². The lowest BCUT2D eigenvalue weighted by atomic mass is 9.89. The second-order valence-electron chi connectivity index (χ2n) is 4.14. The van der Waals surface area contributed by atoms with Crippen LogP contribution in [0.15, 0.2) is 0 Å². The summed E-state index contributed by atoms with van der Waals surface area (Å²) in [5.41, 5.74) is -0.450. The predicted molar refractivity (Wildman–Crippen MR) is 55.3 cm³/mol. The van der Waals surface area contributed by atoms with Crippen LogP contribution < -0.4 is 5.32 Å². The van der Waals surface area contributed by atoms with E-state index in [9.17, 15) is 9.59 Å². The van der Waals surface area contributed by atoms with E-state index in [1.165, 1.54) is 0 Å². The summed E-state index contributed by atoms with van der Waals surface area (Å²) in [6, 6.07) is 0. The minimum absolute atomic E-state index is 0.0286. The molecule has 0 saturated carbocycles. The molecule has 88 valence electrons. The summed E-state index contributed by atoms with van der Waals surface area (Å²) < 4.78 is 0. The molecule has 1 amide bonds. The van der Waals surface area contributed by atoms with Crippen LogP contribution in [-0.2, 0) is 9.59 Å². The molecule has 0 aromatic heterocycles. The average molecular weight is 217 g/mol. The highest BCUT2D eigenvalue weighted by molar-refractivity contribution is 5.81. The highest BCUT2D eigenvalue weighted by Gasteiger charge is 2.25. The van der Waals surface area contributed by atoms with Gasteiger partial charge in [0.05, 0.1) is 0 Å². The summed E-state index contributed by atoms with van der Waals surface area (Å²) in [5.74, 6) is -1.39. The first-order chi connectivity index (χ1) is 6.81. The van der Waals surface area contributed by atoms with Crippen molar-refractivity contribution in [1.29, 1.82) is 0 Å². The van der Waals surface area contributed by atoms with Gasteiger partial charge in [-0.1, -0.05) is 20.8 Å². The maximum absolute atomic E-state index is 11.5. The molecule has 0 aromatic carbocycles. The van der Waals surface area contributed by atoms with E-state index in [0.717, 1.165) is 0 Å². The van der Waals surface area contributed by atoms with Crippen molar-refractivity contribution < 1.29 is 19.8 Å². The van der Waals surface area contributed by atoms with E-state index in [2.05, 4.69) is 5.32 Å². The van der Waals surface area contributed by atoms with Crippen LogP contribution in [0.5, 0.6) is 0 Å². The predicted octanol–water partition coefficient (Wildman–Crippen LogP) is 0.374. The number of carbonyl (C=O) groups is 2. The lowest BCUT2D eigenvalue weighted by Gasteiger charge is -2.21. The zero-order chi connectivity index (χ0) is 12.1. The van der Waals surface area contributed by atoms with Crippen LogP contribution in [0.1, 0.15) is 33.6 Å². The molecular weight excluding hydrogens is 198 g/mol. The number of carboxylic acid groups (broad SMARTS) is 1. The zero-order valence-electron chi connectivity index (χ0n) is 9.41. The molecule has 0 aromatic rings. The molecule has 0 rings (SSSR count). The van der Waals surface area contributed by atoms with Gasteiger partial charge in [0, 0.05) is 18.4 Å². The number of amides is 1. The van der Waals surface area contributed by atoms with Gasteiger partial charge in [0.15, 0.2) is 6.10 Å². The Balaban J connectivity index is 3.88. The molecule has 5 nitrogen and oxygen atoms in total. The van der Waals surface area contributed by atoms with Crippen LogP contribution in [-0.4, -0.2) is 34.7 Å². The Morgan fingerprint density at radius 3 is 2.33 bits per heavy atom. The first-order valence-corrected chi connectivity index (χ1v) is 5.00. The van der Waals surface area contributed by atoms with Crippen molar-refractivity contribution in [3.05, 3.63) is 0 Å². The molecule has 0 fully saturated rings. The highest BCUT2D eigenvalue weighted by Crippen LogP contribution is 2.19. The number of hydrogen-bond donors (Lipinski definition) is 3. The van der Waals surface area contributed by atoms with Gasteiger partial charge in [-0.15, -0.1) is 0 Å². The third kappa shape index (κ3) is 4.78. The molecule has 0 spiro atoms. The molecule has 0 aliphatic rings. The van der Waals surface area contributed by atoms with E-state index in [0.29, 0.717) is 6.42 Å². The molecule has 0 unspecified atom stereocenters. The lowest BCUT2D eigenvalue weighted by molar-refractivity contribution is -0.147. The fourth-order valence-corrected chi connectivity index (χ4v) is 0.846. The van der Waals surface area contributed by atoms with Gasteiger partial charge in [-0.2, -0.15) is 0 Å². The van der Waals surface area contributed by atoms with Crippen LogP contribution in [0, 0.1) is 5.41 Å². The van der Waals surface area contributed by atoms with Crippen LogP contribution in [0.2, 0.25) is 0 Å². The fourth-order valence-electron chi connectivity index (χ4n) is 0.846. The van der Waals surface area contributed by atoms with Gasteiger partial charge in [0.1, 0.15) is 0 Å². The Kier molecular flexibility index (Phi) is 5.28. The highest BCUT2D eigenvalue weighted by atomic mass is 16.4. The summed E-state index contributed by atoms with van der Waals surface area (Å²) in [7, 11) is 0. The molecule has 3 N–H and O–H groups in total. The first-order valence-electron chi connectivity index (χ1n) is 5.00. The Hall–Kier alpha value is -1.10. The van der Waals surface area contributed by atoms with Crippen molar-refractivity contribution in [2.75, 3.05) is 6.54 Å². The van der Waals surface area contributed by atoms with E-state index in [1.54, 1.807) is 0 Å². The van der Waals surface area contributed by atoms with E-state index >= 15 is 0 Å². The number of hydrogen-bond acceptors (Lipinski definition) is 3. The smallest absolute Gasteiger partial charge is 0.332 e. The van der Waals surface area contributed by atoms with Crippen LogP contribution >= 0.6 is 0 Å². The molecule has 0 heterocycles. The number of rotatable bonds is 6. The second kappa shape index (κ2) is 5.70. The Morgan fingerprint density at radius 2 is 1.93 bits per heavy atom. The zero-order valence-corrected chi connectivity index (χ0v) is 9.41. The number of nitrogens with one attached hydrogen (secondary N) is 1. The number of carboxylic acids is 1. The van der Waals surface area contributed by atoms with E-state index in [1.807, 2.05) is 20.8 Å². The number of carbonyl (C=O) groups excluding carboxylic acids is 1. The first kappa shape index (κ1) is 13.9. The van der Waals surface area contributed by atoms with Crippen LogP contribution in [0.4, 0.5) is 0 Å². The molecule has 0 bridgehead atoms. The third-order valence-electron chi connectivity index (χ3n) is 2.49. The topological polar surface area (TPSA) is 86.6 Å². The van der Waals surface area contributed by atoms with Gasteiger partial charge in [0.2, 0.25) is 5.91 Å². The standard InChI is InChI=1S/C10H19NO4/c1-4-10(2,3)9(15)11-6-5-7(12)8(13)14/h7,12H,4-6H2,1-3H3,(H,11,15)(H,13,14)/t7-/m0/s1. The van der Waals surface area contributed by atoms with Gasteiger partial charge in [-0.3, -0.25) is 4.79 Å². The van der Waals surface area contributed by atoms with Gasteiger partial charge in [-0.25, -0.2) is 4.79 Å². The molecule has 5 heteroatoms. The van der Waals surface area contributed by atoms with Crippen molar-refractivity contribution in [3.8, 4) is 0 Å². The quantitative estimate of drug-likeness (QED) is 0.600. The molecule has 0 aliphatic heterocycles. The third-order valence-corrected chi connectivity index (χ3v) is 2.49. The minimum Gasteiger partial charge on any atom is -0.479 e. The van der Waals surface area contributed by atoms with Gasteiger partial charge >= 0.3 is 5.97 Å². The maximum atomic E-state index is 11.5. The van der Waals surface area contributed by atoms with E-state index in [4.69, 9.17) is 10.2 Å². The molecule has 0 saturated heterocycles.